The fraction of sp³-hybridized carbons (Fsp3) is 0.267. The average Bonchev–Trinajstić information content (AvgIpc) is 2.77. The molecule has 1 amide bonds. The predicted octanol–water partition coefficient (Wildman–Crippen LogP) is 2.91. The Bertz CT molecular complexity index is 593. The van der Waals surface area contributed by atoms with E-state index in [9.17, 15) is 4.79 Å². The van der Waals surface area contributed by atoms with Crippen LogP contribution >= 0.6 is 12.4 Å². The largest absolute Gasteiger partial charge is 0.492 e. The van der Waals surface area contributed by atoms with Gasteiger partial charge < -0.3 is 20.2 Å². The van der Waals surface area contributed by atoms with Gasteiger partial charge in [0, 0.05) is 12.2 Å². The molecule has 0 atom stereocenters. The van der Waals surface area contributed by atoms with Crippen molar-refractivity contribution in [3.05, 3.63) is 47.4 Å². The normalized spacial score (nSPS) is 9.86. The van der Waals surface area contributed by atoms with Crippen molar-refractivity contribution in [2.45, 2.75) is 13.8 Å². The third-order valence-electron chi connectivity index (χ3n) is 2.78. The number of carbonyl (C=O) groups excluding carboxylic acids is 1. The summed E-state index contributed by atoms with van der Waals surface area (Å²) in [5, 5.41) is 2.82. The lowest BCUT2D eigenvalue weighted by Gasteiger charge is -2.07. The second-order valence-electron chi connectivity index (χ2n) is 4.44. The number of amides is 1. The van der Waals surface area contributed by atoms with Gasteiger partial charge in [-0.25, -0.2) is 0 Å². The zero-order valence-corrected chi connectivity index (χ0v) is 12.8. The van der Waals surface area contributed by atoms with E-state index in [2.05, 4.69) is 5.32 Å². The first-order valence-electron chi connectivity index (χ1n) is 6.41. The zero-order chi connectivity index (χ0) is 14.5. The van der Waals surface area contributed by atoms with Crippen LogP contribution in [0.2, 0.25) is 0 Å². The lowest BCUT2D eigenvalue weighted by atomic mass is 10.2. The van der Waals surface area contributed by atoms with Crippen molar-refractivity contribution < 1.29 is 13.9 Å². The number of anilines is 1. The predicted molar refractivity (Wildman–Crippen MR) is 84.4 cm³/mol. The van der Waals surface area contributed by atoms with E-state index in [1.165, 1.54) is 0 Å². The molecule has 21 heavy (non-hydrogen) atoms. The Hall–Kier alpha value is -1.98. The molecule has 0 saturated heterocycles. The van der Waals surface area contributed by atoms with Gasteiger partial charge in [0.25, 0.3) is 5.91 Å². The number of furan rings is 1. The van der Waals surface area contributed by atoms with Gasteiger partial charge >= 0.3 is 0 Å². The van der Waals surface area contributed by atoms with E-state index in [1.807, 2.05) is 6.92 Å². The van der Waals surface area contributed by atoms with Crippen LogP contribution in [0.1, 0.15) is 21.9 Å². The molecular formula is C15H19ClN2O3. The van der Waals surface area contributed by atoms with Crippen LogP contribution in [0.5, 0.6) is 5.75 Å². The maximum Gasteiger partial charge on any atom is 0.259 e. The van der Waals surface area contributed by atoms with Crippen LogP contribution in [0, 0.1) is 13.8 Å². The molecule has 0 radical (unpaired) electrons. The van der Waals surface area contributed by atoms with E-state index in [0.29, 0.717) is 30.2 Å². The minimum Gasteiger partial charge on any atom is -0.492 e. The molecule has 5 nitrogen and oxygen atoms in total. The van der Waals surface area contributed by atoms with Gasteiger partial charge in [-0.2, -0.15) is 0 Å². The first-order chi connectivity index (χ1) is 9.60. The van der Waals surface area contributed by atoms with Gasteiger partial charge in [-0.15, -0.1) is 12.4 Å². The summed E-state index contributed by atoms with van der Waals surface area (Å²) in [6, 6.07) is 8.87. The molecule has 0 fully saturated rings. The number of rotatable bonds is 5. The molecule has 0 bridgehead atoms. The summed E-state index contributed by atoms with van der Waals surface area (Å²) in [5.41, 5.74) is 6.61. The summed E-state index contributed by atoms with van der Waals surface area (Å²) in [6.45, 7) is 4.52. The molecule has 6 heteroatoms. The second-order valence-corrected chi connectivity index (χ2v) is 4.44. The molecule has 0 spiro atoms. The summed E-state index contributed by atoms with van der Waals surface area (Å²) >= 11 is 0. The fourth-order valence-corrected chi connectivity index (χ4v) is 1.87. The van der Waals surface area contributed by atoms with Crippen LogP contribution in [0.15, 0.2) is 34.7 Å². The number of benzene rings is 1. The highest BCUT2D eigenvalue weighted by molar-refractivity contribution is 6.05. The lowest BCUT2D eigenvalue weighted by molar-refractivity contribution is 0.102. The quantitative estimate of drug-likeness (QED) is 0.890. The van der Waals surface area contributed by atoms with E-state index in [0.717, 1.165) is 11.5 Å². The standard InChI is InChI=1S/C15H18N2O3.ClH/c1-10-9-14(11(2)20-10)15(18)17-12-3-5-13(6-4-12)19-8-7-16;/h3-6,9H,7-8,16H2,1-2H3,(H,17,18);1H. The first-order valence-corrected chi connectivity index (χ1v) is 6.41. The zero-order valence-electron chi connectivity index (χ0n) is 12.0. The van der Waals surface area contributed by atoms with Gasteiger partial charge in [0.15, 0.2) is 0 Å². The van der Waals surface area contributed by atoms with E-state index >= 15 is 0 Å². The average molecular weight is 311 g/mol. The van der Waals surface area contributed by atoms with Gasteiger partial charge in [-0.1, -0.05) is 0 Å². The number of ether oxygens (including phenoxy) is 1. The molecule has 0 aliphatic rings. The Morgan fingerprint density at radius 3 is 2.48 bits per heavy atom. The third-order valence-corrected chi connectivity index (χ3v) is 2.78. The van der Waals surface area contributed by atoms with Crippen LogP contribution < -0.4 is 15.8 Å². The molecule has 1 aromatic heterocycles. The summed E-state index contributed by atoms with van der Waals surface area (Å²) in [4.78, 5) is 12.1. The number of nitrogens with two attached hydrogens (primary N) is 1. The highest BCUT2D eigenvalue weighted by Crippen LogP contribution is 2.18. The van der Waals surface area contributed by atoms with Gasteiger partial charge in [-0.05, 0) is 44.2 Å². The first kappa shape index (κ1) is 17.1. The van der Waals surface area contributed by atoms with Crippen LogP contribution in [0.4, 0.5) is 5.69 Å². The number of carbonyl (C=O) groups is 1. The van der Waals surface area contributed by atoms with Crippen LogP contribution in [0.3, 0.4) is 0 Å². The number of halogens is 1. The number of hydrogen-bond donors (Lipinski definition) is 2. The minimum absolute atomic E-state index is 0. The van der Waals surface area contributed by atoms with Gasteiger partial charge in [0.2, 0.25) is 0 Å². The van der Waals surface area contributed by atoms with E-state index in [1.54, 1.807) is 37.3 Å². The smallest absolute Gasteiger partial charge is 0.259 e. The topological polar surface area (TPSA) is 77.5 Å². The summed E-state index contributed by atoms with van der Waals surface area (Å²) in [6.07, 6.45) is 0. The van der Waals surface area contributed by atoms with E-state index < -0.39 is 0 Å². The molecule has 0 aliphatic heterocycles. The fourth-order valence-electron chi connectivity index (χ4n) is 1.87. The molecule has 0 aliphatic carbocycles. The third kappa shape index (κ3) is 4.51. The van der Waals surface area contributed by atoms with Crippen LogP contribution in [-0.2, 0) is 0 Å². The van der Waals surface area contributed by atoms with Crippen LogP contribution in [-0.4, -0.2) is 19.1 Å². The van der Waals surface area contributed by atoms with E-state index in [-0.39, 0.29) is 18.3 Å². The monoisotopic (exact) mass is 310 g/mol. The Labute approximate surface area is 129 Å². The molecule has 2 rings (SSSR count). The Kier molecular flexibility index (Phi) is 6.27. The van der Waals surface area contributed by atoms with Crippen molar-refractivity contribution in [2.24, 2.45) is 5.73 Å². The Balaban J connectivity index is 0.00000220. The highest BCUT2D eigenvalue weighted by Gasteiger charge is 2.13. The summed E-state index contributed by atoms with van der Waals surface area (Å²) < 4.78 is 10.7. The van der Waals surface area contributed by atoms with Gasteiger partial charge in [-0.3, -0.25) is 4.79 Å². The summed E-state index contributed by atoms with van der Waals surface area (Å²) in [5.74, 6) is 1.87. The van der Waals surface area contributed by atoms with Crippen molar-refractivity contribution >= 4 is 24.0 Å². The second kappa shape index (κ2) is 7.71. The SMILES string of the molecule is Cc1cc(C(=O)Nc2ccc(OCCN)cc2)c(C)o1.Cl. The molecule has 114 valence electrons. The van der Waals surface area contributed by atoms with Crippen LogP contribution in [0.25, 0.3) is 0 Å². The summed E-state index contributed by atoms with van der Waals surface area (Å²) in [7, 11) is 0. The van der Waals surface area contributed by atoms with Crippen molar-refractivity contribution in [1.29, 1.82) is 0 Å². The van der Waals surface area contributed by atoms with Crippen molar-refractivity contribution in [1.82, 2.24) is 0 Å². The maximum absolute atomic E-state index is 12.1. The van der Waals surface area contributed by atoms with Gasteiger partial charge in [0.1, 0.15) is 23.9 Å². The van der Waals surface area contributed by atoms with E-state index in [4.69, 9.17) is 14.9 Å². The highest BCUT2D eigenvalue weighted by atomic mass is 35.5. The molecule has 1 aromatic carbocycles. The van der Waals surface area contributed by atoms with Crippen molar-refractivity contribution in [3.63, 3.8) is 0 Å². The minimum atomic E-state index is -0.185. The number of aryl methyl sites for hydroxylation is 2. The maximum atomic E-state index is 12.1. The molecule has 0 saturated carbocycles. The van der Waals surface area contributed by atoms with Crippen molar-refractivity contribution in [2.75, 3.05) is 18.5 Å². The van der Waals surface area contributed by atoms with Gasteiger partial charge in [0.05, 0.1) is 5.56 Å². The van der Waals surface area contributed by atoms with Crippen molar-refractivity contribution in [3.8, 4) is 5.75 Å². The molecule has 2 aromatic rings. The number of hydrogen-bond acceptors (Lipinski definition) is 4. The lowest BCUT2D eigenvalue weighted by Crippen LogP contribution is -2.12. The molecule has 0 unspecified atom stereocenters. The molecule has 3 N–H and O–H groups in total. The molecule has 1 heterocycles. The molecular weight excluding hydrogens is 292 g/mol. The Morgan fingerprint density at radius 1 is 1.29 bits per heavy atom. The number of nitrogens with one attached hydrogen (secondary N) is 1. The Morgan fingerprint density at radius 2 is 1.95 bits per heavy atom.